The van der Waals surface area contributed by atoms with Crippen LogP contribution < -0.4 is 10.6 Å². The summed E-state index contributed by atoms with van der Waals surface area (Å²) in [6.45, 7) is 1.49. The second-order valence-corrected chi connectivity index (χ2v) is 8.53. The molecule has 9 nitrogen and oxygen atoms in total. The zero-order chi connectivity index (χ0) is 20.9. The highest BCUT2D eigenvalue weighted by Gasteiger charge is 2.27. The van der Waals surface area contributed by atoms with Crippen molar-refractivity contribution in [3.05, 3.63) is 64.2 Å². The number of carbonyl (C=O) groups is 1. The molecule has 0 bridgehead atoms. The number of nitro groups is 1. The predicted molar refractivity (Wildman–Crippen MR) is 108 cm³/mol. The molecule has 2 aromatic rings. The van der Waals surface area contributed by atoms with Crippen molar-refractivity contribution >= 4 is 27.3 Å². The largest absolute Gasteiger partial charge is 0.378 e. The van der Waals surface area contributed by atoms with Gasteiger partial charge in [0.2, 0.25) is 10.0 Å². The van der Waals surface area contributed by atoms with E-state index in [0.717, 1.165) is 12.8 Å². The van der Waals surface area contributed by atoms with Crippen LogP contribution in [0, 0.1) is 10.1 Å². The molecular formula is C19H22N4O5S. The Balaban J connectivity index is 1.58. The molecule has 0 spiro atoms. The molecule has 0 aromatic heterocycles. The summed E-state index contributed by atoms with van der Waals surface area (Å²) in [5.74, 6) is -0.409. The molecule has 29 heavy (non-hydrogen) atoms. The number of amides is 1. The Hall–Kier alpha value is -2.98. The average Bonchev–Trinajstić information content (AvgIpc) is 3.27. The monoisotopic (exact) mass is 418 g/mol. The first kappa shape index (κ1) is 20.7. The van der Waals surface area contributed by atoms with Crippen LogP contribution >= 0.6 is 0 Å². The molecular weight excluding hydrogens is 396 g/mol. The summed E-state index contributed by atoms with van der Waals surface area (Å²) >= 11 is 0. The van der Waals surface area contributed by atoms with E-state index in [0.29, 0.717) is 18.8 Å². The van der Waals surface area contributed by atoms with Gasteiger partial charge in [-0.3, -0.25) is 14.9 Å². The summed E-state index contributed by atoms with van der Waals surface area (Å²) in [5, 5.41) is 16.6. The lowest BCUT2D eigenvalue weighted by Crippen LogP contribution is -2.30. The lowest BCUT2D eigenvalue weighted by Gasteiger charge is -2.16. The molecule has 1 aliphatic rings. The Morgan fingerprint density at radius 1 is 1.07 bits per heavy atom. The Morgan fingerprint density at radius 3 is 2.52 bits per heavy atom. The maximum Gasteiger partial charge on any atom is 0.292 e. The molecule has 0 atom stereocenters. The van der Waals surface area contributed by atoms with Gasteiger partial charge in [0, 0.05) is 37.8 Å². The molecule has 3 rings (SSSR count). The minimum Gasteiger partial charge on any atom is -0.378 e. The smallest absolute Gasteiger partial charge is 0.292 e. The number of nitrogens with zero attached hydrogens (tertiary/aromatic N) is 2. The van der Waals surface area contributed by atoms with Crippen LogP contribution in [-0.4, -0.2) is 49.7 Å². The normalized spacial score (nSPS) is 14.5. The zero-order valence-electron chi connectivity index (χ0n) is 15.7. The van der Waals surface area contributed by atoms with E-state index in [1.807, 2.05) is 0 Å². The van der Waals surface area contributed by atoms with Crippen molar-refractivity contribution in [3.8, 4) is 0 Å². The highest BCUT2D eigenvalue weighted by molar-refractivity contribution is 7.89. The summed E-state index contributed by atoms with van der Waals surface area (Å²) in [4.78, 5) is 23.0. The first-order valence-corrected chi connectivity index (χ1v) is 10.7. The molecule has 10 heteroatoms. The second-order valence-electron chi connectivity index (χ2n) is 6.60. The van der Waals surface area contributed by atoms with Crippen molar-refractivity contribution in [3.63, 3.8) is 0 Å². The minimum atomic E-state index is -3.59. The third kappa shape index (κ3) is 4.90. The SMILES string of the molecule is O=C(NCCNc1ccccc1[N+](=O)[O-])c1cccc(S(=O)(=O)N2CCCC2)c1. The first-order valence-electron chi connectivity index (χ1n) is 9.25. The third-order valence-corrected chi connectivity index (χ3v) is 6.52. The maximum atomic E-state index is 12.6. The Morgan fingerprint density at radius 2 is 1.79 bits per heavy atom. The van der Waals surface area contributed by atoms with Crippen LogP contribution in [0.25, 0.3) is 0 Å². The lowest BCUT2D eigenvalue weighted by molar-refractivity contribution is -0.384. The van der Waals surface area contributed by atoms with Crippen LogP contribution in [0.4, 0.5) is 11.4 Å². The van der Waals surface area contributed by atoms with Crippen LogP contribution in [-0.2, 0) is 10.0 Å². The summed E-state index contributed by atoms with van der Waals surface area (Å²) in [6.07, 6.45) is 1.68. The number of hydrogen-bond acceptors (Lipinski definition) is 6. The van der Waals surface area contributed by atoms with Gasteiger partial charge in [-0.1, -0.05) is 18.2 Å². The van der Waals surface area contributed by atoms with Crippen molar-refractivity contribution < 1.29 is 18.1 Å². The van der Waals surface area contributed by atoms with E-state index in [1.165, 1.54) is 22.5 Å². The average molecular weight is 418 g/mol. The van der Waals surface area contributed by atoms with Crippen LogP contribution in [0.2, 0.25) is 0 Å². The van der Waals surface area contributed by atoms with E-state index in [9.17, 15) is 23.3 Å². The molecule has 1 aliphatic heterocycles. The van der Waals surface area contributed by atoms with Gasteiger partial charge in [-0.15, -0.1) is 0 Å². The maximum absolute atomic E-state index is 12.6. The number of nitrogens with one attached hydrogen (secondary N) is 2. The molecule has 2 N–H and O–H groups in total. The number of para-hydroxylation sites is 2. The number of anilines is 1. The van der Waals surface area contributed by atoms with Crippen LogP contribution in [0.15, 0.2) is 53.4 Å². The quantitative estimate of drug-likeness (QED) is 0.385. The Labute approximate surface area is 168 Å². The first-order chi connectivity index (χ1) is 13.9. The van der Waals surface area contributed by atoms with E-state index in [-0.39, 0.29) is 29.2 Å². The lowest BCUT2D eigenvalue weighted by atomic mass is 10.2. The molecule has 1 saturated heterocycles. The highest BCUT2D eigenvalue weighted by atomic mass is 32.2. The predicted octanol–water partition coefficient (Wildman–Crippen LogP) is 2.22. The molecule has 1 heterocycles. The van der Waals surface area contributed by atoms with Gasteiger partial charge in [-0.25, -0.2) is 8.42 Å². The van der Waals surface area contributed by atoms with Gasteiger partial charge >= 0.3 is 0 Å². The van der Waals surface area contributed by atoms with Crippen LogP contribution in [0.1, 0.15) is 23.2 Å². The fraction of sp³-hybridized carbons (Fsp3) is 0.316. The summed E-state index contributed by atoms with van der Waals surface area (Å²) in [7, 11) is -3.59. The van der Waals surface area contributed by atoms with Crippen molar-refractivity contribution in [1.29, 1.82) is 0 Å². The van der Waals surface area contributed by atoms with Crippen molar-refractivity contribution in [2.24, 2.45) is 0 Å². The molecule has 1 fully saturated rings. The summed E-state index contributed by atoms with van der Waals surface area (Å²) < 4.78 is 26.7. The van der Waals surface area contributed by atoms with Gasteiger partial charge < -0.3 is 10.6 Å². The van der Waals surface area contributed by atoms with Crippen molar-refractivity contribution in [1.82, 2.24) is 9.62 Å². The van der Waals surface area contributed by atoms with E-state index in [1.54, 1.807) is 30.3 Å². The van der Waals surface area contributed by atoms with Crippen molar-refractivity contribution in [2.45, 2.75) is 17.7 Å². The zero-order valence-corrected chi connectivity index (χ0v) is 16.5. The molecule has 0 saturated carbocycles. The Kier molecular flexibility index (Phi) is 6.45. The van der Waals surface area contributed by atoms with E-state index in [2.05, 4.69) is 10.6 Å². The number of rotatable bonds is 8. The van der Waals surface area contributed by atoms with E-state index < -0.39 is 20.9 Å². The fourth-order valence-corrected chi connectivity index (χ4v) is 4.70. The van der Waals surface area contributed by atoms with Gasteiger partial charge in [-0.05, 0) is 37.1 Å². The van der Waals surface area contributed by atoms with Gasteiger partial charge in [0.1, 0.15) is 5.69 Å². The molecule has 1 amide bonds. The second kappa shape index (κ2) is 9.01. The van der Waals surface area contributed by atoms with Gasteiger partial charge in [-0.2, -0.15) is 4.31 Å². The molecule has 154 valence electrons. The van der Waals surface area contributed by atoms with Gasteiger partial charge in [0.15, 0.2) is 0 Å². The van der Waals surface area contributed by atoms with Crippen LogP contribution in [0.5, 0.6) is 0 Å². The number of carbonyl (C=O) groups excluding carboxylic acids is 1. The number of sulfonamides is 1. The van der Waals surface area contributed by atoms with Gasteiger partial charge in [0.05, 0.1) is 9.82 Å². The molecule has 0 unspecified atom stereocenters. The third-order valence-electron chi connectivity index (χ3n) is 4.63. The summed E-state index contributed by atoms with van der Waals surface area (Å²) in [5.41, 5.74) is 0.570. The summed E-state index contributed by atoms with van der Waals surface area (Å²) in [6, 6.07) is 12.2. The Bertz CT molecular complexity index is 1000. The molecule has 0 radical (unpaired) electrons. The topological polar surface area (TPSA) is 122 Å². The molecule has 0 aliphatic carbocycles. The number of nitro benzene ring substituents is 1. The fourth-order valence-electron chi connectivity index (χ4n) is 3.13. The highest BCUT2D eigenvalue weighted by Crippen LogP contribution is 2.23. The minimum absolute atomic E-state index is 0.0429. The van der Waals surface area contributed by atoms with Crippen LogP contribution in [0.3, 0.4) is 0 Å². The van der Waals surface area contributed by atoms with E-state index in [4.69, 9.17) is 0 Å². The van der Waals surface area contributed by atoms with Crippen molar-refractivity contribution in [2.75, 3.05) is 31.5 Å². The number of benzene rings is 2. The standard InChI is InChI=1S/C19H22N4O5S/c24-19(21-11-10-20-17-8-1-2-9-18(17)23(25)26)15-6-5-7-16(14-15)29(27,28)22-12-3-4-13-22/h1-2,5-9,14,20H,3-4,10-13H2,(H,21,24). The molecule has 2 aromatic carbocycles. The number of hydrogen-bond donors (Lipinski definition) is 2. The van der Waals surface area contributed by atoms with E-state index >= 15 is 0 Å². The van der Waals surface area contributed by atoms with Gasteiger partial charge in [0.25, 0.3) is 11.6 Å².